The fraction of sp³-hybridized carbons (Fsp3) is 0.667. The van der Waals surface area contributed by atoms with Gasteiger partial charge >= 0.3 is 13.9 Å². The molecule has 0 amide bonds. The van der Waals surface area contributed by atoms with Crippen LogP contribution in [-0.2, 0) is 9.09 Å². The average molecular weight is 136 g/mol. The number of hydrogen-bond donors (Lipinski definition) is 0. The molecule has 3 nitrogen and oxygen atoms in total. The van der Waals surface area contributed by atoms with Crippen LogP contribution in [0.25, 0.3) is 0 Å². The van der Waals surface area contributed by atoms with Gasteiger partial charge in [0.05, 0.1) is 7.11 Å². The van der Waals surface area contributed by atoms with Crippen LogP contribution in [0.4, 0.5) is 4.39 Å². The zero-order chi connectivity index (χ0) is 6.57. The second-order valence-corrected chi connectivity index (χ2v) is 2.32. The molecule has 0 bridgehead atoms. The van der Waals surface area contributed by atoms with E-state index in [1.54, 1.807) is 0 Å². The van der Waals surface area contributed by atoms with Crippen LogP contribution in [0.15, 0.2) is 0 Å². The highest BCUT2D eigenvalue weighted by molar-refractivity contribution is 7.40. The van der Waals surface area contributed by atoms with Gasteiger partial charge < -0.3 is 0 Å². The molecule has 0 radical (unpaired) electrons. The Morgan fingerprint density at radius 1 is 2.00 bits per heavy atom. The lowest BCUT2D eigenvalue weighted by Crippen LogP contribution is -1.86. The fourth-order valence-corrected chi connectivity index (χ4v) is 0.419. The third kappa shape index (κ3) is 1.97. The first-order valence-electron chi connectivity index (χ1n) is 1.76. The van der Waals surface area contributed by atoms with Crippen LogP contribution in [0.3, 0.4) is 0 Å². The van der Waals surface area contributed by atoms with Gasteiger partial charge in [-0.2, -0.15) is 9.65 Å². The molecule has 0 N–H and O–H groups in total. The normalized spacial score (nSPS) is 14.4. The van der Waals surface area contributed by atoms with Crippen molar-refractivity contribution < 1.29 is 13.5 Å². The Hall–Kier alpha value is -0.520. The molecule has 0 spiro atoms. The maximum absolute atomic E-state index is 11.8. The summed E-state index contributed by atoms with van der Waals surface area (Å²) in [6, 6.07) is 1.14. The predicted octanol–water partition coefficient (Wildman–Crippen LogP) is 1.19. The summed E-state index contributed by atoms with van der Waals surface area (Å²) in [5.74, 6) is -1.99. The van der Waals surface area contributed by atoms with Gasteiger partial charge in [-0.1, -0.05) is 0 Å². The highest BCUT2D eigenvalue weighted by Crippen LogP contribution is 2.27. The number of nitrogens with zero attached hydrogens (tertiary/aromatic N) is 1. The molecule has 8 heavy (non-hydrogen) atoms. The predicted molar refractivity (Wildman–Crippen MR) is 25.1 cm³/mol. The molecule has 0 fully saturated rings. The lowest BCUT2D eigenvalue weighted by atomic mass is 10.9. The molecule has 44 valence electrons. The Kier molecular flexibility index (Phi) is 3.25. The smallest absolute Gasteiger partial charge is 0.190 e. The van der Waals surface area contributed by atoms with Gasteiger partial charge in [-0.05, 0) is 4.57 Å². The molecule has 0 saturated heterocycles. The third-order valence-corrected chi connectivity index (χ3v) is 1.32. The Balaban J connectivity index is 3.68. The quantitative estimate of drug-likeness (QED) is 0.535. The van der Waals surface area contributed by atoms with Gasteiger partial charge in [-0.25, -0.2) is 0 Å². The highest BCUT2D eigenvalue weighted by Gasteiger charge is 2.30. The minimum Gasteiger partial charge on any atom is -0.190 e. The molecular weight excluding hydrogens is 132 g/mol. The summed E-state index contributed by atoms with van der Waals surface area (Å²) in [7, 11) is -1.33. The van der Waals surface area contributed by atoms with Crippen LogP contribution >= 0.6 is 8.03 Å². The molecule has 5 heteroatoms. The van der Waals surface area contributed by atoms with Gasteiger partial charge in [0.1, 0.15) is 0 Å². The van der Waals surface area contributed by atoms with Gasteiger partial charge in [0.15, 0.2) is 6.07 Å². The summed E-state index contributed by atoms with van der Waals surface area (Å²) in [5, 5.41) is 7.75. The SMILES string of the molecule is CO[P+](=O)C(F)C#N. The molecule has 0 heterocycles. The average Bonchev–Trinajstić information content (AvgIpc) is 1.84. The summed E-state index contributed by atoms with van der Waals surface area (Å²) < 4.78 is 25.8. The van der Waals surface area contributed by atoms with Gasteiger partial charge in [0, 0.05) is 0 Å². The maximum Gasteiger partial charge on any atom is 0.561 e. The lowest BCUT2D eigenvalue weighted by molar-refractivity contribution is 0.376. The first-order valence-corrected chi connectivity index (χ1v) is 3.01. The van der Waals surface area contributed by atoms with Crippen molar-refractivity contribution >= 4 is 8.03 Å². The number of hydrogen-bond acceptors (Lipinski definition) is 3. The molecule has 0 aliphatic rings. The van der Waals surface area contributed by atoms with Gasteiger partial charge in [-0.3, -0.25) is 0 Å². The van der Waals surface area contributed by atoms with Gasteiger partial charge in [0.2, 0.25) is 0 Å². The standard InChI is InChI=1S/C3H4FNO2P/c1-7-8(6)3(4)2-5/h3H,1H3/q+1. The van der Waals surface area contributed by atoms with Crippen LogP contribution in [0.2, 0.25) is 0 Å². The Labute approximate surface area is 46.9 Å². The molecule has 0 aromatic heterocycles. The second-order valence-electron chi connectivity index (χ2n) is 0.933. The van der Waals surface area contributed by atoms with E-state index in [0.29, 0.717) is 0 Å². The van der Waals surface area contributed by atoms with Crippen LogP contribution in [0.5, 0.6) is 0 Å². The number of alkyl halides is 1. The Morgan fingerprint density at radius 3 is 2.62 bits per heavy atom. The minimum absolute atomic E-state index is 1.09. The van der Waals surface area contributed by atoms with Crippen LogP contribution in [0, 0.1) is 11.3 Å². The maximum atomic E-state index is 11.8. The third-order valence-electron chi connectivity index (χ3n) is 0.472. The molecule has 0 saturated carbocycles. The number of nitriles is 1. The van der Waals surface area contributed by atoms with E-state index in [1.807, 2.05) is 0 Å². The molecule has 2 unspecified atom stereocenters. The van der Waals surface area contributed by atoms with Crippen LogP contribution < -0.4 is 0 Å². The zero-order valence-electron chi connectivity index (χ0n) is 4.17. The largest absolute Gasteiger partial charge is 0.561 e. The van der Waals surface area contributed by atoms with Crippen molar-refractivity contribution in [3.63, 3.8) is 0 Å². The number of rotatable bonds is 2. The van der Waals surface area contributed by atoms with Crippen LogP contribution in [-0.4, -0.2) is 13.0 Å². The van der Waals surface area contributed by atoms with Gasteiger partial charge in [-0.15, -0.1) is 4.52 Å². The Morgan fingerprint density at radius 2 is 2.50 bits per heavy atom. The first-order chi connectivity index (χ1) is 3.72. The van der Waals surface area contributed by atoms with E-state index in [4.69, 9.17) is 5.26 Å². The van der Waals surface area contributed by atoms with Crippen molar-refractivity contribution in [1.29, 1.82) is 5.26 Å². The van der Waals surface area contributed by atoms with Crippen LogP contribution in [0.1, 0.15) is 0 Å². The van der Waals surface area contributed by atoms with Crippen molar-refractivity contribution in [2.75, 3.05) is 7.11 Å². The summed E-state index contributed by atoms with van der Waals surface area (Å²) in [5.41, 5.74) is 0. The summed E-state index contributed by atoms with van der Waals surface area (Å²) >= 11 is 0. The van der Waals surface area contributed by atoms with E-state index < -0.39 is 13.9 Å². The van der Waals surface area contributed by atoms with Crippen molar-refractivity contribution in [2.24, 2.45) is 0 Å². The Bertz CT molecular complexity index is 132. The molecular formula is C3H4FNO2P+. The fourth-order valence-electron chi connectivity index (χ4n) is 0.140. The lowest BCUT2D eigenvalue weighted by Gasteiger charge is -1.75. The van der Waals surface area contributed by atoms with E-state index in [0.717, 1.165) is 13.2 Å². The van der Waals surface area contributed by atoms with E-state index in [1.165, 1.54) is 0 Å². The van der Waals surface area contributed by atoms with Gasteiger partial charge in [0.25, 0.3) is 0 Å². The molecule has 2 atom stereocenters. The second kappa shape index (κ2) is 3.48. The summed E-state index contributed by atoms with van der Waals surface area (Å²) in [6.45, 7) is 0. The summed E-state index contributed by atoms with van der Waals surface area (Å²) in [4.78, 5) is 0. The topological polar surface area (TPSA) is 50.1 Å². The molecule has 0 aromatic rings. The van der Waals surface area contributed by atoms with E-state index >= 15 is 0 Å². The van der Waals surface area contributed by atoms with E-state index in [-0.39, 0.29) is 0 Å². The van der Waals surface area contributed by atoms with E-state index in [9.17, 15) is 8.96 Å². The molecule has 0 aromatic carbocycles. The zero-order valence-corrected chi connectivity index (χ0v) is 5.06. The molecule has 0 aliphatic heterocycles. The van der Waals surface area contributed by atoms with E-state index in [2.05, 4.69) is 4.52 Å². The van der Waals surface area contributed by atoms with Crippen molar-refractivity contribution in [3.05, 3.63) is 0 Å². The molecule has 0 rings (SSSR count). The van der Waals surface area contributed by atoms with Crippen molar-refractivity contribution in [2.45, 2.75) is 5.91 Å². The van der Waals surface area contributed by atoms with Crippen molar-refractivity contribution in [1.82, 2.24) is 0 Å². The monoisotopic (exact) mass is 136 g/mol. The first kappa shape index (κ1) is 7.48. The van der Waals surface area contributed by atoms with Crippen molar-refractivity contribution in [3.8, 4) is 6.07 Å². The highest BCUT2D eigenvalue weighted by atomic mass is 31.1. The minimum atomic E-state index is -2.42. The number of halogens is 1. The molecule has 0 aliphatic carbocycles. The summed E-state index contributed by atoms with van der Waals surface area (Å²) in [6.07, 6.45) is 0.